The number of rotatable bonds is 6. The van der Waals surface area contributed by atoms with Gasteiger partial charge in [-0.2, -0.15) is 0 Å². The molecular weight excluding hydrogens is 380 g/mol. The lowest BCUT2D eigenvalue weighted by atomic mass is 10.0. The Morgan fingerprint density at radius 3 is 2.24 bits per heavy atom. The third-order valence-corrected chi connectivity index (χ3v) is 4.29. The Hall–Kier alpha value is -2.36. The van der Waals surface area contributed by atoms with Crippen molar-refractivity contribution in [1.29, 1.82) is 0 Å². The van der Waals surface area contributed by atoms with Gasteiger partial charge in [0.15, 0.2) is 0 Å². The highest BCUT2D eigenvalue weighted by Crippen LogP contribution is 2.11. The van der Waals surface area contributed by atoms with Crippen molar-refractivity contribution in [2.45, 2.75) is 78.1 Å². The number of carbonyl (C=O) groups excluding carboxylic acids is 4. The number of hydrogen-bond acceptors (Lipinski definition) is 7. The SMILES string of the molecule is COC(=O)C1CCCN(C(=O)[C@H](C)NC(=O)[C@@H](NC(=O)OC(C)(C)C)C(C)C)N1. The van der Waals surface area contributed by atoms with Crippen LogP contribution in [0.2, 0.25) is 0 Å². The molecule has 10 heteroatoms. The van der Waals surface area contributed by atoms with Crippen LogP contribution in [0.15, 0.2) is 0 Å². The van der Waals surface area contributed by atoms with Crippen molar-refractivity contribution in [2.75, 3.05) is 13.7 Å². The maximum absolute atomic E-state index is 12.7. The van der Waals surface area contributed by atoms with Crippen molar-refractivity contribution in [2.24, 2.45) is 5.92 Å². The number of amides is 3. The molecule has 1 unspecified atom stereocenters. The Morgan fingerprint density at radius 1 is 1.10 bits per heavy atom. The summed E-state index contributed by atoms with van der Waals surface area (Å²) in [7, 11) is 1.29. The minimum atomic E-state index is -0.864. The summed E-state index contributed by atoms with van der Waals surface area (Å²) in [6, 6.07) is -2.32. The molecule has 0 saturated carbocycles. The van der Waals surface area contributed by atoms with Crippen LogP contribution >= 0.6 is 0 Å². The molecule has 1 rings (SSSR count). The Balaban J connectivity index is 2.70. The lowest BCUT2D eigenvalue weighted by molar-refractivity contribution is -0.150. The Kier molecular flexibility index (Phi) is 8.87. The predicted octanol–water partition coefficient (Wildman–Crippen LogP) is 0.709. The molecule has 0 aromatic rings. The summed E-state index contributed by atoms with van der Waals surface area (Å²) in [5, 5.41) is 6.50. The van der Waals surface area contributed by atoms with Crippen molar-refractivity contribution in [3.8, 4) is 0 Å². The van der Waals surface area contributed by atoms with Crippen LogP contribution in [0.25, 0.3) is 0 Å². The number of nitrogens with zero attached hydrogens (tertiary/aromatic N) is 1. The van der Waals surface area contributed by atoms with E-state index in [0.29, 0.717) is 19.4 Å². The van der Waals surface area contributed by atoms with Crippen LogP contribution in [0, 0.1) is 5.92 Å². The lowest BCUT2D eigenvalue weighted by Gasteiger charge is -2.34. The Morgan fingerprint density at radius 2 is 1.72 bits per heavy atom. The molecule has 0 radical (unpaired) electrons. The third-order valence-electron chi connectivity index (χ3n) is 4.29. The first kappa shape index (κ1) is 24.7. The molecule has 1 aliphatic rings. The number of alkyl carbamates (subject to hydrolysis) is 1. The second-order valence-corrected chi connectivity index (χ2v) is 8.44. The minimum absolute atomic E-state index is 0.221. The van der Waals surface area contributed by atoms with Gasteiger partial charge in [-0.15, -0.1) is 0 Å². The van der Waals surface area contributed by atoms with Crippen LogP contribution in [0.5, 0.6) is 0 Å². The first-order valence-electron chi connectivity index (χ1n) is 9.81. The fourth-order valence-corrected chi connectivity index (χ4v) is 2.83. The molecule has 1 fully saturated rings. The number of carbonyl (C=O) groups is 4. The Bertz CT molecular complexity index is 616. The van der Waals surface area contributed by atoms with Gasteiger partial charge < -0.3 is 20.1 Å². The summed E-state index contributed by atoms with van der Waals surface area (Å²) in [5.41, 5.74) is 2.14. The summed E-state index contributed by atoms with van der Waals surface area (Å²) < 4.78 is 9.91. The lowest BCUT2D eigenvalue weighted by Crippen LogP contribution is -2.61. The fourth-order valence-electron chi connectivity index (χ4n) is 2.83. The van der Waals surface area contributed by atoms with E-state index >= 15 is 0 Å². The van der Waals surface area contributed by atoms with E-state index < -0.39 is 41.7 Å². The third kappa shape index (κ3) is 7.88. The number of methoxy groups -OCH3 is 1. The van der Waals surface area contributed by atoms with Gasteiger partial charge >= 0.3 is 12.1 Å². The summed E-state index contributed by atoms with van der Waals surface area (Å²) in [4.78, 5) is 49.1. The monoisotopic (exact) mass is 414 g/mol. The molecule has 1 aliphatic heterocycles. The Labute approximate surface area is 172 Å². The second-order valence-electron chi connectivity index (χ2n) is 8.44. The average Bonchev–Trinajstić information content (AvgIpc) is 2.63. The molecule has 29 heavy (non-hydrogen) atoms. The number of esters is 1. The van der Waals surface area contributed by atoms with Crippen LogP contribution < -0.4 is 16.1 Å². The van der Waals surface area contributed by atoms with Crippen LogP contribution in [-0.2, 0) is 23.9 Å². The summed E-state index contributed by atoms with van der Waals surface area (Å²) in [6.07, 6.45) is 0.490. The van der Waals surface area contributed by atoms with E-state index in [2.05, 4.69) is 16.1 Å². The summed E-state index contributed by atoms with van der Waals surface area (Å²) >= 11 is 0. The maximum atomic E-state index is 12.7. The first-order chi connectivity index (χ1) is 13.4. The largest absolute Gasteiger partial charge is 0.468 e. The van der Waals surface area contributed by atoms with Gasteiger partial charge in [-0.1, -0.05) is 13.8 Å². The van der Waals surface area contributed by atoms with Crippen molar-refractivity contribution in [3.63, 3.8) is 0 Å². The molecule has 166 valence electrons. The zero-order valence-corrected chi connectivity index (χ0v) is 18.3. The van der Waals surface area contributed by atoms with E-state index in [4.69, 9.17) is 9.47 Å². The standard InChI is InChI=1S/C19H34N4O6/c1-11(2)14(21-18(27)29-19(4,5)6)15(24)20-12(3)16(25)23-10-8-9-13(22-23)17(26)28-7/h11-14,22H,8-10H2,1-7H3,(H,20,24)(H,21,27)/t12-,13?,14-/m0/s1. The maximum Gasteiger partial charge on any atom is 0.408 e. The molecule has 3 amide bonds. The van der Waals surface area contributed by atoms with E-state index in [1.54, 1.807) is 41.5 Å². The highest BCUT2D eigenvalue weighted by molar-refractivity contribution is 5.91. The highest BCUT2D eigenvalue weighted by Gasteiger charge is 2.33. The van der Waals surface area contributed by atoms with Crippen LogP contribution in [0.3, 0.4) is 0 Å². The summed E-state index contributed by atoms with van der Waals surface area (Å²) in [6.45, 7) is 10.7. The molecule has 0 bridgehead atoms. The van der Waals surface area contributed by atoms with Crippen molar-refractivity contribution >= 4 is 23.9 Å². The molecule has 0 spiro atoms. The van der Waals surface area contributed by atoms with E-state index in [0.717, 1.165) is 0 Å². The van der Waals surface area contributed by atoms with E-state index in [1.165, 1.54) is 12.1 Å². The fraction of sp³-hybridized carbons (Fsp3) is 0.789. The minimum Gasteiger partial charge on any atom is -0.468 e. The zero-order valence-electron chi connectivity index (χ0n) is 18.3. The average molecular weight is 415 g/mol. The van der Waals surface area contributed by atoms with Gasteiger partial charge in [-0.25, -0.2) is 10.2 Å². The zero-order chi connectivity index (χ0) is 22.4. The smallest absolute Gasteiger partial charge is 0.408 e. The number of hydrazine groups is 1. The molecule has 0 aliphatic carbocycles. The quantitative estimate of drug-likeness (QED) is 0.546. The van der Waals surface area contributed by atoms with Crippen molar-refractivity contribution in [1.82, 2.24) is 21.1 Å². The topological polar surface area (TPSA) is 126 Å². The van der Waals surface area contributed by atoms with Gasteiger partial charge in [-0.3, -0.25) is 19.4 Å². The van der Waals surface area contributed by atoms with E-state index in [9.17, 15) is 19.2 Å². The van der Waals surface area contributed by atoms with Gasteiger partial charge in [0, 0.05) is 6.54 Å². The van der Waals surface area contributed by atoms with Gasteiger partial charge in [0.2, 0.25) is 5.91 Å². The normalized spacial score (nSPS) is 19.2. The molecule has 1 heterocycles. The van der Waals surface area contributed by atoms with E-state index in [-0.39, 0.29) is 11.8 Å². The molecule has 0 aromatic carbocycles. The summed E-state index contributed by atoms with van der Waals surface area (Å²) in [5.74, 6) is -1.54. The van der Waals surface area contributed by atoms with Gasteiger partial charge in [0.05, 0.1) is 7.11 Å². The second kappa shape index (κ2) is 10.4. The van der Waals surface area contributed by atoms with E-state index in [1.807, 2.05) is 0 Å². The number of ether oxygens (including phenoxy) is 2. The molecule has 0 aromatic heterocycles. The van der Waals surface area contributed by atoms with Gasteiger partial charge in [0.1, 0.15) is 23.7 Å². The number of hydrogen-bond donors (Lipinski definition) is 3. The van der Waals surface area contributed by atoms with Gasteiger partial charge in [-0.05, 0) is 46.5 Å². The van der Waals surface area contributed by atoms with Gasteiger partial charge in [0.25, 0.3) is 5.91 Å². The molecular formula is C19H34N4O6. The molecule has 3 atom stereocenters. The van der Waals surface area contributed by atoms with Crippen LogP contribution in [-0.4, -0.2) is 66.3 Å². The predicted molar refractivity (Wildman–Crippen MR) is 105 cm³/mol. The molecule has 10 nitrogen and oxygen atoms in total. The number of nitrogens with one attached hydrogen (secondary N) is 3. The molecule has 3 N–H and O–H groups in total. The molecule has 1 saturated heterocycles. The van der Waals surface area contributed by atoms with Crippen molar-refractivity contribution < 1.29 is 28.7 Å². The highest BCUT2D eigenvalue weighted by atomic mass is 16.6. The van der Waals surface area contributed by atoms with Crippen LogP contribution in [0.4, 0.5) is 4.79 Å². The first-order valence-corrected chi connectivity index (χ1v) is 9.81. The van der Waals surface area contributed by atoms with Crippen LogP contribution in [0.1, 0.15) is 54.4 Å². The van der Waals surface area contributed by atoms with Crippen molar-refractivity contribution in [3.05, 3.63) is 0 Å².